The predicted octanol–water partition coefficient (Wildman–Crippen LogP) is 5.61. The van der Waals surface area contributed by atoms with E-state index in [-0.39, 0.29) is 28.6 Å². The van der Waals surface area contributed by atoms with Crippen molar-refractivity contribution in [2.45, 2.75) is 24.4 Å². The van der Waals surface area contributed by atoms with Crippen molar-refractivity contribution in [1.82, 2.24) is 0 Å². The van der Waals surface area contributed by atoms with Crippen LogP contribution in [0.1, 0.15) is 38.8 Å². The van der Waals surface area contributed by atoms with Crippen molar-refractivity contribution in [2.75, 3.05) is 10.2 Å². The molecule has 1 amide bonds. The number of hydrogen-bond acceptors (Lipinski definition) is 6. The van der Waals surface area contributed by atoms with Crippen LogP contribution in [0.3, 0.4) is 0 Å². The van der Waals surface area contributed by atoms with Crippen LogP contribution in [0.15, 0.2) is 103 Å². The number of para-hydroxylation sites is 2. The third-order valence-corrected chi connectivity index (χ3v) is 8.62. The maximum absolute atomic E-state index is 14.7. The van der Waals surface area contributed by atoms with E-state index in [4.69, 9.17) is 4.74 Å². The first kappa shape index (κ1) is 26.5. The Balaban J connectivity index is 1.48. The average Bonchev–Trinajstić information content (AvgIpc) is 3.49. The first-order chi connectivity index (χ1) is 20.8. The Morgan fingerprint density at radius 2 is 1.49 bits per heavy atom. The fourth-order valence-electron chi connectivity index (χ4n) is 6.94. The number of amides is 1. The van der Waals surface area contributed by atoms with Crippen LogP contribution in [0.25, 0.3) is 6.08 Å². The molecule has 0 aliphatic carbocycles. The minimum Gasteiger partial charge on any atom is -0.427 e. The van der Waals surface area contributed by atoms with Crippen molar-refractivity contribution in [3.05, 3.63) is 131 Å². The molecule has 0 saturated carbocycles. The fourth-order valence-corrected chi connectivity index (χ4v) is 6.94. The number of anilines is 2. The van der Waals surface area contributed by atoms with Crippen molar-refractivity contribution >= 4 is 40.9 Å². The molecule has 0 radical (unpaired) electrons. The molecule has 7 nitrogen and oxygen atoms in total. The Labute approximate surface area is 246 Å². The maximum atomic E-state index is 14.7. The summed E-state index contributed by atoms with van der Waals surface area (Å²) >= 11 is 0. The molecule has 3 aliphatic heterocycles. The minimum absolute atomic E-state index is 0.197. The molecule has 0 unspecified atom stereocenters. The van der Waals surface area contributed by atoms with E-state index in [2.05, 4.69) is 5.32 Å². The molecular weight excluding hydrogens is 547 g/mol. The number of fused-ring (bicyclic) bond motifs is 6. The molecular formula is C35H25FN2O5. The number of carbonyl (C=O) groups excluding carboxylic acids is 4. The van der Waals surface area contributed by atoms with Gasteiger partial charge in [-0.05, 0) is 71.8 Å². The third-order valence-electron chi connectivity index (χ3n) is 8.62. The van der Waals surface area contributed by atoms with Crippen LogP contribution < -0.4 is 15.0 Å². The lowest BCUT2D eigenvalue weighted by atomic mass is 9.64. The second-order valence-electron chi connectivity index (χ2n) is 10.9. The maximum Gasteiger partial charge on any atom is 0.308 e. The molecule has 212 valence electrons. The molecule has 3 aliphatic rings. The van der Waals surface area contributed by atoms with Gasteiger partial charge in [-0.1, -0.05) is 48.6 Å². The minimum atomic E-state index is -1.47. The van der Waals surface area contributed by atoms with E-state index in [0.29, 0.717) is 11.3 Å². The smallest absolute Gasteiger partial charge is 0.308 e. The highest BCUT2D eigenvalue weighted by Crippen LogP contribution is 2.58. The topological polar surface area (TPSA) is 92.8 Å². The Kier molecular flexibility index (Phi) is 6.09. The van der Waals surface area contributed by atoms with Gasteiger partial charge in [0.2, 0.25) is 5.91 Å². The Morgan fingerprint density at radius 3 is 2.23 bits per heavy atom. The number of ketones is 2. The van der Waals surface area contributed by atoms with Crippen LogP contribution in [0.5, 0.6) is 5.75 Å². The second kappa shape index (κ2) is 9.87. The molecule has 1 spiro atoms. The Bertz CT molecular complexity index is 1850. The zero-order valence-corrected chi connectivity index (χ0v) is 23.0. The van der Waals surface area contributed by atoms with Crippen molar-refractivity contribution in [3.63, 3.8) is 0 Å². The summed E-state index contributed by atoms with van der Waals surface area (Å²) in [4.78, 5) is 57.1. The summed E-state index contributed by atoms with van der Waals surface area (Å²) in [7, 11) is 0. The van der Waals surface area contributed by atoms with Gasteiger partial charge in [0.1, 0.15) is 23.0 Å². The second-order valence-corrected chi connectivity index (χ2v) is 10.9. The summed E-state index contributed by atoms with van der Waals surface area (Å²) in [5, 5.41) is 2.99. The van der Waals surface area contributed by atoms with E-state index in [9.17, 15) is 23.6 Å². The zero-order valence-electron chi connectivity index (χ0n) is 23.0. The van der Waals surface area contributed by atoms with Gasteiger partial charge in [0.05, 0.1) is 12.0 Å². The van der Waals surface area contributed by atoms with Crippen LogP contribution in [0.2, 0.25) is 0 Å². The number of esters is 1. The summed E-state index contributed by atoms with van der Waals surface area (Å²) < 4.78 is 19.1. The highest BCUT2D eigenvalue weighted by Gasteiger charge is 2.70. The van der Waals surface area contributed by atoms with Crippen LogP contribution >= 0.6 is 0 Å². The molecule has 1 N–H and O–H groups in total. The van der Waals surface area contributed by atoms with Crippen LogP contribution in [-0.4, -0.2) is 35.5 Å². The van der Waals surface area contributed by atoms with Gasteiger partial charge >= 0.3 is 5.97 Å². The van der Waals surface area contributed by atoms with Gasteiger partial charge < -0.3 is 15.0 Å². The molecule has 3 heterocycles. The van der Waals surface area contributed by atoms with Crippen molar-refractivity contribution in [2.24, 2.45) is 5.92 Å². The molecule has 4 aromatic rings. The molecule has 7 rings (SSSR count). The van der Waals surface area contributed by atoms with E-state index in [1.165, 1.54) is 43.3 Å². The quantitative estimate of drug-likeness (QED) is 0.190. The number of nitrogens with one attached hydrogen (secondary N) is 1. The van der Waals surface area contributed by atoms with Crippen molar-refractivity contribution in [3.8, 4) is 5.75 Å². The van der Waals surface area contributed by atoms with E-state index < -0.39 is 41.0 Å². The Morgan fingerprint density at radius 1 is 0.837 bits per heavy atom. The lowest BCUT2D eigenvalue weighted by molar-refractivity contribution is -0.131. The summed E-state index contributed by atoms with van der Waals surface area (Å²) in [5.74, 6) is -3.10. The number of hydrogen-bond donors (Lipinski definition) is 1. The number of benzene rings is 4. The number of carbonyl (C=O) groups is 4. The van der Waals surface area contributed by atoms with E-state index in [1.807, 2.05) is 53.5 Å². The first-order valence-electron chi connectivity index (χ1n) is 13.9. The summed E-state index contributed by atoms with van der Waals surface area (Å²) in [5.41, 5.74) is 1.78. The van der Waals surface area contributed by atoms with Gasteiger partial charge in [0, 0.05) is 29.4 Å². The van der Waals surface area contributed by atoms with Crippen LogP contribution in [0, 0.1) is 11.7 Å². The number of Topliss-reactive ketones (excluding diaryl/α,β-unsaturated/α-hetero) is 2. The van der Waals surface area contributed by atoms with Gasteiger partial charge in [-0.3, -0.25) is 19.2 Å². The van der Waals surface area contributed by atoms with Gasteiger partial charge in [0.25, 0.3) is 0 Å². The Hall–Kier alpha value is -5.37. The third kappa shape index (κ3) is 3.94. The lowest BCUT2D eigenvalue weighted by Gasteiger charge is -2.37. The van der Waals surface area contributed by atoms with Gasteiger partial charge in [-0.15, -0.1) is 0 Å². The predicted molar refractivity (Wildman–Crippen MR) is 159 cm³/mol. The molecule has 8 heteroatoms. The van der Waals surface area contributed by atoms with Gasteiger partial charge in [-0.2, -0.15) is 0 Å². The summed E-state index contributed by atoms with van der Waals surface area (Å²) in [6.45, 7) is 1.29. The summed E-state index contributed by atoms with van der Waals surface area (Å²) in [6, 6.07) is 24.3. The van der Waals surface area contributed by atoms with Crippen molar-refractivity contribution in [1.29, 1.82) is 0 Å². The monoisotopic (exact) mass is 572 g/mol. The number of nitrogens with zero attached hydrogens (tertiary/aromatic N) is 1. The highest BCUT2D eigenvalue weighted by atomic mass is 19.1. The SMILES string of the molecule is CC(=O)Oc1ccc(C(=O)[C@@H]2[C@H](C(=O)c3ccc(F)cc3)[C@]3(C(=O)Nc4ccccc43)[C@@H]3C=Cc4ccccc4N23)cc1. The zero-order chi connectivity index (χ0) is 29.9. The molecule has 43 heavy (non-hydrogen) atoms. The van der Waals surface area contributed by atoms with E-state index in [0.717, 1.165) is 11.3 Å². The van der Waals surface area contributed by atoms with Gasteiger partial charge in [0.15, 0.2) is 11.6 Å². The highest BCUT2D eigenvalue weighted by molar-refractivity contribution is 6.18. The molecule has 1 fully saturated rings. The van der Waals surface area contributed by atoms with Crippen LogP contribution in [-0.2, 0) is 15.0 Å². The fraction of sp³-hybridized carbons (Fsp3) is 0.143. The number of ether oxygens (including phenoxy) is 1. The van der Waals surface area contributed by atoms with E-state index >= 15 is 0 Å². The summed E-state index contributed by atoms with van der Waals surface area (Å²) in [6.07, 6.45) is 3.82. The first-order valence-corrected chi connectivity index (χ1v) is 13.9. The standard InChI is InChI=1S/C35H25FN2O5/c1-20(39)43-25-17-12-23(13-18-25)33(41)31-30(32(40)22-10-15-24(36)16-11-22)35(26-7-3-4-8-27(26)37-34(35)42)29-19-14-21-6-2-5-9-28(21)38(29)31/h2-19,29-31H,1H3,(H,37,42)/t29-,30+,31-,35+/m0/s1. The number of halogens is 1. The molecule has 0 aromatic heterocycles. The normalized spacial score (nSPS) is 22.9. The molecule has 1 saturated heterocycles. The lowest BCUT2D eigenvalue weighted by Crippen LogP contribution is -2.51. The molecule has 4 aromatic carbocycles. The van der Waals surface area contributed by atoms with Crippen LogP contribution in [0.4, 0.5) is 15.8 Å². The average molecular weight is 573 g/mol. The van der Waals surface area contributed by atoms with E-state index in [1.54, 1.807) is 24.3 Å². The number of rotatable bonds is 5. The largest absolute Gasteiger partial charge is 0.427 e. The molecule has 0 bridgehead atoms. The molecule has 4 atom stereocenters. The van der Waals surface area contributed by atoms with Crippen molar-refractivity contribution < 1.29 is 28.3 Å². The van der Waals surface area contributed by atoms with Gasteiger partial charge in [-0.25, -0.2) is 4.39 Å².